The Morgan fingerprint density at radius 2 is 1.91 bits per heavy atom. The summed E-state index contributed by atoms with van der Waals surface area (Å²) in [6, 6.07) is 12.2. The number of pyridine rings is 2. The van der Waals surface area contributed by atoms with E-state index in [1.54, 1.807) is 0 Å². The van der Waals surface area contributed by atoms with Crippen LogP contribution in [-0.4, -0.2) is 26.5 Å². The first-order valence-corrected chi connectivity index (χ1v) is 10.4. The van der Waals surface area contributed by atoms with E-state index in [2.05, 4.69) is 31.8 Å². The van der Waals surface area contributed by atoms with Crippen molar-refractivity contribution in [2.24, 2.45) is 11.5 Å². The number of aryl methyl sites for hydroxylation is 1. The molecular weight excluding hydrogens is 532 g/mol. The van der Waals surface area contributed by atoms with Crippen molar-refractivity contribution in [3.63, 3.8) is 0 Å². The Balaban J connectivity index is 0.000000181. The first kappa shape index (κ1) is 27.0. The van der Waals surface area contributed by atoms with Gasteiger partial charge in [-0.1, -0.05) is 37.0 Å². The van der Waals surface area contributed by atoms with Gasteiger partial charge in [0.15, 0.2) is 11.5 Å². The van der Waals surface area contributed by atoms with E-state index in [0.717, 1.165) is 23.3 Å². The number of nitrogens with two attached hydrogens (primary N) is 2. The minimum Gasteiger partial charge on any atom is -0.440 e. The first-order chi connectivity index (χ1) is 16.0. The van der Waals surface area contributed by atoms with Gasteiger partial charge in [-0.3, -0.25) is 9.78 Å². The summed E-state index contributed by atoms with van der Waals surface area (Å²) in [5.41, 5.74) is 13.8. The molecule has 0 aliphatic rings. The second kappa shape index (κ2) is 13.5. The molecule has 4 aromatic heterocycles. The Bertz CT molecular complexity index is 1330. The van der Waals surface area contributed by atoms with Crippen LogP contribution in [0.2, 0.25) is 0 Å². The third-order valence-electron chi connectivity index (χ3n) is 4.42. The number of imidazole rings is 1. The summed E-state index contributed by atoms with van der Waals surface area (Å²) < 4.78 is 17.7. The number of hydrogen-bond acceptors (Lipinski definition) is 7. The Morgan fingerprint density at radius 1 is 1.12 bits per heavy atom. The van der Waals surface area contributed by atoms with Gasteiger partial charge in [-0.15, -0.1) is 0 Å². The largest absolute Gasteiger partial charge is 0.440 e. The van der Waals surface area contributed by atoms with Crippen LogP contribution in [0.5, 0.6) is 0 Å². The summed E-state index contributed by atoms with van der Waals surface area (Å²) >= 11 is 0. The minimum absolute atomic E-state index is 0. The monoisotopic (exact) mass is 556 g/mol. The molecule has 0 aliphatic carbocycles. The summed E-state index contributed by atoms with van der Waals surface area (Å²) in [5, 5.41) is 0. The molecule has 0 spiro atoms. The Labute approximate surface area is 208 Å². The van der Waals surface area contributed by atoms with Crippen LogP contribution < -0.4 is 22.0 Å². The van der Waals surface area contributed by atoms with Gasteiger partial charge < -0.3 is 30.8 Å². The van der Waals surface area contributed by atoms with Crippen molar-refractivity contribution in [1.82, 2.24) is 24.9 Å². The van der Waals surface area contributed by atoms with Crippen molar-refractivity contribution in [3.8, 4) is 0 Å². The Kier molecular flexibility index (Phi) is 10.7. The molecule has 34 heavy (non-hydrogen) atoms. The summed E-state index contributed by atoms with van der Waals surface area (Å²) in [4.78, 5) is 29.9. The van der Waals surface area contributed by atoms with E-state index in [9.17, 15) is 9.18 Å². The number of aromatic nitrogens is 5. The fourth-order valence-corrected chi connectivity index (χ4v) is 2.81. The quantitative estimate of drug-likeness (QED) is 0.286. The van der Waals surface area contributed by atoms with E-state index >= 15 is 0 Å². The zero-order chi connectivity index (χ0) is 23.6. The number of rotatable bonds is 4. The molecule has 182 valence electrons. The molecule has 4 heterocycles. The molecule has 0 unspecified atom stereocenters. The van der Waals surface area contributed by atoms with Crippen LogP contribution in [0.1, 0.15) is 24.3 Å². The summed E-state index contributed by atoms with van der Waals surface area (Å²) in [6.45, 7) is 2.71. The SMILES string of the molecule is CCc1nc2ccccc2[n-]1.NCCc1nc2c[nH]c(=O)cc2o1.NCc1ncccc1F.[Pd]. The average Bonchev–Trinajstić information content (AvgIpc) is 3.43. The van der Waals surface area contributed by atoms with Gasteiger partial charge >= 0.3 is 0 Å². The van der Waals surface area contributed by atoms with Gasteiger partial charge in [0.2, 0.25) is 0 Å². The van der Waals surface area contributed by atoms with E-state index in [0.29, 0.717) is 35.6 Å². The Morgan fingerprint density at radius 3 is 2.56 bits per heavy atom. The number of para-hydroxylation sites is 2. The normalized spacial score (nSPS) is 10.1. The molecular formula is C23H25FN7O2Pd-. The van der Waals surface area contributed by atoms with E-state index < -0.39 is 0 Å². The molecule has 0 atom stereocenters. The van der Waals surface area contributed by atoms with E-state index in [1.807, 2.05) is 24.3 Å². The van der Waals surface area contributed by atoms with Gasteiger partial charge in [0.05, 0.1) is 5.69 Å². The topological polar surface area (TPSA) is 151 Å². The fraction of sp³-hybridized carbons (Fsp3) is 0.217. The van der Waals surface area contributed by atoms with Crippen molar-refractivity contribution >= 4 is 22.1 Å². The smallest absolute Gasteiger partial charge is 0.251 e. The average molecular weight is 557 g/mol. The summed E-state index contributed by atoms with van der Waals surface area (Å²) in [5.74, 6) is 1.17. The number of H-pyrrole nitrogens is 1. The maximum Gasteiger partial charge on any atom is 0.251 e. The molecule has 1 aromatic carbocycles. The fourth-order valence-electron chi connectivity index (χ4n) is 2.81. The number of nitrogens with one attached hydrogen (secondary N) is 1. The predicted octanol–water partition coefficient (Wildman–Crippen LogP) is 2.45. The van der Waals surface area contributed by atoms with Gasteiger partial charge in [-0.25, -0.2) is 9.37 Å². The van der Waals surface area contributed by atoms with Crippen molar-refractivity contribution in [1.29, 1.82) is 0 Å². The number of halogens is 1. The summed E-state index contributed by atoms with van der Waals surface area (Å²) in [7, 11) is 0. The Hall–Kier alpha value is -3.23. The van der Waals surface area contributed by atoms with Crippen LogP contribution in [0.4, 0.5) is 4.39 Å². The number of fused-ring (bicyclic) bond motifs is 2. The molecule has 5 aromatic rings. The number of benzene rings is 1. The van der Waals surface area contributed by atoms with Crippen LogP contribution in [0.25, 0.3) is 22.1 Å². The summed E-state index contributed by atoms with van der Waals surface area (Å²) in [6.07, 6.45) is 4.55. The van der Waals surface area contributed by atoms with Gasteiger partial charge in [-0.2, -0.15) is 0 Å². The van der Waals surface area contributed by atoms with Crippen LogP contribution in [0, 0.1) is 5.82 Å². The molecule has 0 amide bonds. The van der Waals surface area contributed by atoms with Gasteiger partial charge in [0.1, 0.15) is 11.3 Å². The van der Waals surface area contributed by atoms with Crippen LogP contribution >= 0.6 is 0 Å². The molecule has 5 rings (SSSR count). The zero-order valence-electron chi connectivity index (χ0n) is 18.5. The van der Waals surface area contributed by atoms with Crippen molar-refractivity contribution in [2.45, 2.75) is 26.3 Å². The number of hydrogen-bond donors (Lipinski definition) is 3. The molecule has 0 aliphatic heterocycles. The third kappa shape index (κ3) is 7.40. The minimum atomic E-state index is -0.333. The molecule has 0 fully saturated rings. The number of oxazole rings is 1. The van der Waals surface area contributed by atoms with Gasteiger partial charge in [0, 0.05) is 58.4 Å². The van der Waals surface area contributed by atoms with Crippen LogP contribution in [0.15, 0.2) is 64.1 Å². The van der Waals surface area contributed by atoms with Crippen molar-refractivity contribution in [2.75, 3.05) is 6.54 Å². The maximum absolute atomic E-state index is 12.4. The molecule has 9 nitrogen and oxygen atoms in total. The van der Waals surface area contributed by atoms with E-state index in [1.165, 1.54) is 30.6 Å². The van der Waals surface area contributed by atoms with Crippen LogP contribution in [0.3, 0.4) is 0 Å². The van der Waals surface area contributed by atoms with Crippen molar-refractivity contribution < 1.29 is 29.2 Å². The molecule has 0 saturated heterocycles. The molecule has 11 heteroatoms. The zero-order valence-corrected chi connectivity index (χ0v) is 20.0. The molecule has 0 bridgehead atoms. The van der Waals surface area contributed by atoms with Crippen LogP contribution in [-0.2, 0) is 39.8 Å². The molecule has 0 radical (unpaired) electrons. The third-order valence-corrected chi connectivity index (χ3v) is 4.42. The van der Waals surface area contributed by atoms with E-state index in [-0.39, 0.29) is 38.3 Å². The van der Waals surface area contributed by atoms with Gasteiger partial charge in [-0.05, 0) is 29.6 Å². The standard InChI is InChI=1S/C9H9N2.C8H9N3O2.C6H7FN2.Pd/c1-2-9-10-7-5-3-4-6-8(7)11-9;9-2-1-8-11-5-4-10-7(12)3-6(5)13-8;7-5-2-1-3-9-6(5)4-8;/h3-6H,2H2,1H3;3-4H,1-2,9H2,(H,10,12);1-3H,4,8H2;/q-1;;;. The van der Waals surface area contributed by atoms with Gasteiger partial charge in [0.25, 0.3) is 5.56 Å². The van der Waals surface area contributed by atoms with E-state index in [4.69, 9.17) is 15.9 Å². The molecule has 0 saturated carbocycles. The number of aromatic amines is 1. The van der Waals surface area contributed by atoms with Crippen molar-refractivity contribution in [3.05, 3.63) is 88.4 Å². The second-order valence-corrected chi connectivity index (χ2v) is 6.81. The number of nitrogens with zero attached hydrogens (tertiary/aromatic N) is 4. The maximum atomic E-state index is 12.4. The predicted molar refractivity (Wildman–Crippen MR) is 124 cm³/mol. The second-order valence-electron chi connectivity index (χ2n) is 6.81. The first-order valence-electron chi connectivity index (χ1n) is 10.4. The molecule has 5 N–H and O–H groups in total.